The van der Waals surface area contributed by atoms with Crippen molar-refractivity contribution in [3.05, 3.63) is 100 Å². The van der Waals surface area contributed by atoms with Crippen molar-refractivity contribution in [3.63, 3.8) is 0 Å². The van der Waals surface area contributed by atoms with Crippen LogP contribution in [0.2, 0.25) is 0 Å². The van der Waals surface area contributed by atoms with Crippen LogP contribution in [0.4, 0.5) is 27.6 Å². The molecule has 0 fully saturated rings. The second-order valence-corrected chi connectivity index (χ2v) is 7.13. The van der Waals surface area contributed by atoms with Crippen molar-refractivity contribution in [3.8, 4) is 5.75 Å². The first-order valence-electron chi connectivity index (χ1n) is 9.68. The third kappa shape index (κ3) is 4.21. The van der Waals surface area contributed by atoms with E-state index in [1.165, 1.54) is 13.0 Å². The minimum atomic E-state index is -2.32. The lowest BCUT2D eigenvalue weighted by Crippen LogP contribution is -2.25. The zero-order valence-electron chi connectivity index (χ0n) is 17.1. The molecule has 0 spiro atoms. The van der Waals surface area contributed by atoms with Crippen LogP contribution in [-0.2, 0) is 11.4 Å². The SMILES string of the molecule is CC1=NN(c2c(F)c(F)c(F)c(F)c2F)C(=O)C1=Cc1cccc(OCc2ccccc2)c1. The average Bonchev–Trinajstić information content (AvgIpc) is 3.09. The molecule has 4 nitrogen and oxygen atoms in total. The van der Waals surface area contributed by atoms with Gasteiger partial charge in [0, 0.05) is 0 Å². The van der Waals surface area contributed by atoms with Crippen LogP contribution in [-0.4, -0.2) is 11.6 Å². The number of rotatable bonds is 5. The summed E-state index contributed by atoms with van der Waals surface area (Å²) in [5, 5.41) is 3.89. The summed E-state index contributed by atoms with van der Waals surface area (Å²) in [4.78, 5) is 12.8. The second kappa shape index (κ2) is 8.85. The largest absolute Gasteiger partial charge is 0.489 e. The number of hydrogen-bond donors (Lipinski definition) is 0. The van der Waals surface area contributed by atoms with Gasteiger partial charge in [-0.25, -0.2) is 22.0 Å². The molecule has 0 atom stereocenters. The van der Waals surface area contributed by atoms with Gasteiger partial charge in [0.25, 0.3) is 5.91 Å². The van der Waals surface area contributed by atoms with Gasteiger partial charge in [-0.1, -0.05) is 42.5 Å². The van der Waals surface area contributed by atoms with E-state index in [1.54, 1.807) is 24.3 Å². The summed E-state index contributed by atoms with van der Waals surface area (Å²) in [5.41, 5.74) is 0.00387. The van der Waals surface area contributed by atoms with E-state index in [0.717, 1.165) is 5.56 Å². The Balaban J connectivity index is 1.61. The highest BCUT2D eigenvalue weighted by Gasteiger charge is 2.37. The molecule has 0 saturated carbocycles. The Morgan fingerprint density at radius 1 is 0.879 bits per heavy atom. The summed E-state index contributed by atoms with van der Waals surface area (Å²) in [6.45, 7) is 1.69. The van der Waals surface area contributed by atoms with Crippen molar-refractivity contribution in [2.75, 3.05) is 5.01 Å². The fourth-order valence-electron chi connectivity index (χ4n) is 3.22. The Bertz CT molecular complexity index is 1280. The minimum Gasteiger partial charge on any atom is -0.489 e. The summed E-state index contributed by atoms with van der Waals surface area (Å²) in [6, 6.07) is 16.1. The van der Waals surface area contributed by atoms with E-state index in [2.05, 4.69) is 5.10 Å². The Kier molecular flexibility index (Phi) is 5.95. The molecule has 1 aliphatic heterocycles. The molecule has 0 N–H and O–H groups in total. The molecule has 0 aliphatic carbocycles. The highest BCUT2D eigenvalue weighted by Crippen LogP contribution is 2.34. The van der Waals surface area contributed by atoms with Crippen LogP contribution in [0.25, 0.3) is 6.08 Å². The number of nitrogens with zero attached hydrogens (tertiary/aromatic N) is 2. The van der Waals surface area contributed by atoms with Crippen molar-refractivity contribution < 1.29 is 31.5 Å². The standard InChI is InChI=1S/C24H15F5N2O2/c1-13-17(11-15-8-5-9-16(10-15)33-12-14-6-3-2-4-7-14)24(32)31(30-13)23-21(28)19(26)18(25)20(27)22(23)29/h2-11H,12H2,1H3. The van der Waals surface area contributed by atoms with Crippen LogP contribution in [0.1, 0.15) is 18.1 Å². The lowest BCUT2D eigenvalue weighted by molar-refractivity contribution is -0.114. The summed E-state index contributed by atoms with van der Waals surface area (Å²) in [6.07, 6.45) is 1.39. The normalized spacial score (nSPS) is 14.7. The first-order chi connectivity index (χ1) is 15.8. The molecule has 0 bridgehead atoms. The van der Waals surface area contributed by atoms with E-state index in [1.807, 2.05) is 30.3 Å². The molecule has 9 heteroatoms. The van der Waals surface area contributed by atoms with Gasteiger partial charge >= 0.3 is 0 Å². The van der Waals surface area contributed by atoms with Gasteiger partial charge in [-0.05, 0) is 36.3 Å². The maximum absolute atomic E-state index is 14.2. The molecule has 0 aromatic heterocycles. The fraction of sp³-hybridized carbons (Fsp3) is 0.0833. The van der Waals surface area contributed by atoms with E-state index in [0.29, 0.717) is 17.9 Å². The van der Waals surface area contributed by atoms with Gasteiger partial charge in [0.2, 0.25) is 5.82 Å². The highest BCUT2D eigenvalue weighted by molar-refractivity contribution is 6.32. The van der Waals surface area contributed by atoms with Gasteiger partial charge in [0.15, 0.2) is 23.3 Å². The van der Waals surface area contributed by atoms with Crippen molar-refractivity contribution in [1.82, 2.24) is 0 Å². The zero-order chi connectivity index (χ0) is 23.7. The summed E-state index contributed by atoms with van der Waals surface area (Å²) in [5.74, 6) is -11.5. The zero-order valence-corrected chi connectivity index (χ0v) is 17.1. The number of amides is 1. The molecule has 1 heterocycles. The average molecular weight is 458 g/mol. The van der Waals surface area contributed by atoms with Crippen molar-refractivity contribution >= 4 is 23.4 Å². The number of carbonyl (C=O) groups excluding carboxylic acids is 1. The fourth-order valence-corrected chi connectivity index (χ4v) is 3.22. The maximum Gasteiger partial charge on any atom is 0.280 e. The third-order valence-corrected chi connectivity index (χ3v) is 4.88. The Morgan fingerprint density at radius 3 is 2.18 bits per heavy atom. The van der Waals surface area contributed by atoms with Crippen molar-refractivity contribution in [2.45, 2.75) is 13.5 Å². The number of carbonyl (C=O) groups is 1. The molecule has 0 saturated heterocycles. The van der Waals surface area contributed by atoms with Crippen LogP contribution in [0.3, 0.4) is 0 Å². The molecule has 4 rings (SSSR count). The molecular weight excluding hydrogens is 443 g/mol. The number of halogens is 5. The number of hydrogen-bond acceptors (Lipinski definition) is 3. The van der Waals surface area contributed by atoms with E-state index < -0.39 is 40.7 Å². The van der Waals surface area contributed by atoms with E-state index in [9.17, 15) is 26.7 Å². The van der Waals surface area contributed by atoms with Crippen molar-refractivity contribution in [1.29, 1.82) is 0 Å². The molecule has 1 amide bonds. The number of benzene rings is 3. The second-order valence-electron chi connectivity index (χ2n) is 7.13. The molecule has 168 valence electrons. The van der Waals surface area contributed by atoms with E-state index in [-0.39, 0.29) is 16.3 Å². The molecule has 0 radical (unpaired) electrons. The summed E-state index contributed by atoms with van der Waals surface area (Å²) >= 11 is 0. The summed E-state index contributed by atoms with van der Waals surface area (Å²) in [7, 11) is 0. The number of ether oxygens (including phenoxy) is 1. The van der Waals surface area contributed by atoms with Crippen LogP contribution < -0.4 is 9.75 Å². The first kappa shape index (κ1) is 22.2. The third-order valence-electron chi connectivity index (χ3n) is 4.88. The maximum atomic E-state index is 14.2. The highest BCUT2D eigenvalue weighted by atomic mass is 19.2. The predicted molar refractivity (Wildman–Crippen MR) is 112 cm³/mol. The van der Waals surface area contributed by atoms with E-state index >= 15 is 0 Å². The van der Waals surface area contributed by atoms with Crippen LogP contribution >= 0.6 is 0 Å². The molecule has 1 aliphatic rings. The Morgan fingerprint density at radius 2 is 1.52 bits per heavy atom. The smallest absolute Gasteiger partial charge is 0.280 e. The molecular formula is C24H15F5N2O2. The van der Waals surface area contributed by atoms with Gasteiger partial charge in [0.05, 0.1) is 11.3 Å². The Hall–Kier alpha value is -4.01. The Labute approximate surface area is 185 Å². The quantitative estimate of drug-likeness (QED) is 0.211. The molecule has 0 unspecified atom stereocenters. The molecule has 3 aromatic rings. The van der Waals surface area contributed by atoms with Gasteiger partial charge in [-0.3, -0.25) is 4.79 Å². The number of anilines is 1. The van der Waals surface area contributed by atoms with E-state index in [4.69, 9.17) is 4.74 Å². The summed E-state index contributed by atoms with van der Waals surface area (Å²) < 4.78 is 74.6. The first-order valence-corrected chi connectivity index (χ1v) is 9.68. The predicted octanol–water partition coefficient (Wildman–Crippen LogP) is 5.77. The minimum absolute atomic E-state index is 0.0412. The van der Waals surface area contributed by atoms with Gasteiger partial charge in [0.1, 0.15) is 18.0 Å². The molecule has 33 heavy (non-hydrogen) atoms. The van der Waals surface area contributed by atoms with Crippen LogP contribution in [0.5, 0.6) is 5.75 Å². The van der Waals surface area contributed by atoms with Gasteiger partial charge in [-0.15, -0.1) is 0 Å². The topological polar surface area (TPSA) is 41.9 Å². The number of hydrazone groups is 1. The monoisotopic (exact) mass is 458 g/mol. The van der Waals surface area contributed by atoms with Crippen molar-refractivity contribution in [2.24, 2.45) is 5.10 Å². The van der Waals surface area contributed by atoms with Gasteiger partial charge in [-0.2, -0.15) is 10.1 Å². The lowest BCUT2D eigenvalue weighted by atomic mass is 10.1. The lowest BCUT2D eigenvalue weighted by Gasteiger charge is -2.15. The molecule has 3 aromatic carbocycles. The van der Waals surface area contributed by atoms with Gasteiger partial charge < -0.3 is 4.74 Å². The van der Waals surface area contributed by atoms with Crippen LogP contribution in [0, 0.1) is 29.1 Å². The van der Waals surface area contributed by atoms with Crippen LogP contribution in [0.15, 0.2) is 65.3 Å².